The molecule has 0 aliphatic carbocycles. The minimum atomic E-state index is -0.745. The van der Waals surface area contributed by atoms with Crippen molar-refractivity contribution in [1.29, 1.82) is 0 Å². The summed E-state index contributed by atoms with van der Waals surface area (Å²) in [5.41, 5.74) is 6.28. The van der Waals surface area contributed by atoms with Gasteiger partial charge in [-0.2, -0.15) is 11.3 Å². The second-order valence-electron chi connectivity index (χ2n) is 3.98. The van der Waals surface area contributed by atoms with Crippen LogP contribution >= 0.6 is 23.7 Å². The largest absolute Gasteiger partial charge is 0.350 e. The van der Waals surface area contributed by atoms with Gasteiger partial charge in [0.2, 0.25) is 5.91 Å². The third kappa shape index (κ3) is 4.51. The number of carbonyl (C=O) groups is 1. The third-order valence-corrected chi connectivity index (χ3v) is 3.05. The highest BCUT2D eigenvalue weighted by molar-refractivity contribution is 7.07. The summed E-state index contributed by atoms with van der Waals surface area (Å²) in [6, 6.07) is 2.00. The van der Waals surface area contributed by atoms with E-state index in [0.717, 1.165) is 12.0 Å². The van der Waals surface area contributed by atoms with E-state index in [2.05, 4.69) is 5.32 Å². The lowest BCUT2D eigenvalue weighted by Crippen LogP contribution is -2.51. The van der Waals surface area contributed by atoms with Gasteiger partial charge in [-0.25, -0.2) is 0 Å². The fourth-order valence-corrected chi connectivity index (χ4v) is 2.08. The van der Waals surface area contributed by atoms with Crippen LogP contribution in [0.15, 0.2) is 16.8 Å². The van der Waals surface area contributed by atoms with Gasteiger partial charge in [-0.1, -0.05) is 13.3 Å². The highest BCUT2D eigenvalue weighted by atomic mass is 35.5. The number of rotatable bonds is 5. The Kier molecular flexibility index (Phi) is 6.64. The van der Waals surface area contributed by atoms with Crippen LogP contribution in [0, 0.1) is 0 Å². The number of amides is 1. The van der Waals surface area contributed by atoms with Crippen LogP contribution in [0.25, 0.3) is 0 Å². The van der Waals surface area contributed by atoms with Gasteiger partial charge in [0.1, 0.15) is 0 Å². The van der Waals surface area contributed by atoms with E-state index in [0.29, 0.717) is 13.0 Å². The molecule has 0 aromatic carbocycles. The lowest BCUT2D eigenvalue weighted by atomic mass is 9.96. The summed E-state index contributed by atoms with van der Waals surface area (Å²) in [5.74, 6) is -0.0736. The smallest absolute Gasteiger partial charge is 0.240 e. The average Bonchev–Trinajstić information content (AvgIpc) is 2.66. The molecule has 3 nitrogen and oxygen atoms in total. The van der Waals surface area contributed by atoms with Crippen molar-refractivity contribution in [3.8, 4) is 0 Å². The molecule has 1 aromatic heterocycles. The van der Waals surface area contributed by atoms with E-state index in [-0.39, 0.29) is 18.3 Å². The van der Waals surface area contributed by atoms with Gasteiger partial charge in [0.25, 0.3) is 0 Å². The molecule has 1 unspecified atom stereocenters. The Labute approximate surface area is 107 Å². The number of halogens is 1. The molecule has 1 aromatic rings. The first-order valence-corrected chi connectivity index (χ1v) is 6.09. The first kappa shape index (κ1) is 15.4. The number of nitrogens with one attached hydrogen (secondary N) is 1. The van der Waals surface area contributed by atoms with Crippen molar-refractivity contribution in [2.24, 2.45) is 5.73 Å². The molecule has 0 spiro atoms. The monoisotopic (exact) mass is 262 g/mol. The van der Waals surface area contributed by atoms with Gasteiger partial charge in [0.05, 0.1) is 5.54 Å². The summed E-state index contributed by atoms with van der Waals surface area (Å²) in [6.07, 6.45) is 1.63. The normalized spacial score (nSPS) is 13.7. The minimum absolute atomic E-state index is 0. The van der Waals surface area contributed by atoms with Crippen molar-refractivity contribution in [3.63, 3.8) is 0 Å². The van der Waals surface area contributed by atoms with E-state index in [1.165, 1.54) is 0 Å². The van der Waals surface area contributed by atoms with Crippen LogP contribution in [0.4, 0.5) is 0 Å². The molecule has 92 valence electrons. The molecule has 1 amide bonds. The Balaban J connectivity index is 0.00000225. The van der Waals surface area contributed by atoms with Gasteiger partial charge >= 0.3 is 0 Å². The average molecular weight is 263 g/mol. The van der Waals surface area contributed by atoms with Gasteiger partial charge in [-0.15, -0.1) is 12.4 Å². The number of nitrogens with two attached hydrogens (primary N) is 1. The van der Waals surface area contributed by atoms with Crippen LogP contribution < -0.4 is 11.1 Å². The Bertz CT molecular complexity index is 312. The molecule has 0 saturated heterocycles. The van der Waals surface area contributed by atoms with Crippen LogP contribution in [0.5, 0.6) is 0 Å². The van der Waals surface area contributed by atoms with Gasteiger partial charge < -0.3 is 11.1 Å². The molecule has 3 N–H and O–H groups in total. The standard InChI is InChI=1S/C11H18N2OS.ClH/c1-3-5-11(2,12)10(14)13-7-9-4-6-15-8-9;/h4,6,8H,3,5,7,12H2,1-2H3,(H,13,14);1H. The van der Waals surface area contributed by atoms with Crippen LogP contribution in [-0.2, 0) is 11.3 Å². The fourth-order valence-electron chi connectivity index (χ4n) is 1.41. The predicted octanol–water partition coefficient (Wildman–Crippen LogP) is 2.30. The number of hydrogen-bond acceptors (Lipinski definition) is 3. The van der Waals surface area contributed by atoms with Gasteiger partial charge in [-0.3, -0.25) is 4.79 Å². The lowest BCUT2D eigenvalue weighted by molar-refractivity contribution is -0.126. The Morgan fingerprint density at radius 2 is 2.31 bits per heavy atom. The predicted molar refractivity (Wildman–Crippen MR) is 70.9 cm³/mol. The van der Waals surface area contributed by atoms with Crippen molar-refractivity contribution in [2.45, 2.75) is 38.8 Å². The van der Waals surface area contributed by atoms with E-state index in [4.69, 9.17) is 5.73 Å². The maximum Gasteiger partial charge on any atom is 0.240 e. The van der Waals surface area contributed by atoms with Gasteiger partial charge in [-0.05, 0) is 35.7 Å². The van der Waals surface area contributed by atoms with Crippen molar-refractivity contribution in [3.05, 3.63) is 22.4 Å². The second-order valence-corrected chi connectivity index (χ2v) is 4.76. The van der Waals surface area contributed by atoms with E-state index in [1.807, 2.05) is 23.8 Å². The molecule has 0 aliphatic heterocycles. The van der Waals surface area contributed by atoms with Gasteiger partial charge in [0.15, 0.2) is 0 Å². The Hall–Kier alpha value is -0.580. The molecular weight excluding hydrogens is 244 g/mol. The highest BCUT2D eigenvalue weighted by Crippen LogP contribution is 2.10. The Morgan fingerprint density at radius 1 is 1.62 bits per heavy atom. The topological polar surface area (TPSA) is 55.1 Å². The number of thiophene rings is 1. The van der Waals surface area contributed by atoms with Crippen LogP contribution in [0.3, 0.4) is 0 Å². The molecule has 1 heterocycles. The van der Waals surface area contributed by atoms with Crippen LogP contribution in [-0.4, -0.2) is 11.4 Å². The van der Waals surface area contributed by atoms with Crippen LogP contribution in [0.1, 0.15) is 32.3 Å². The van der Waals surface area contributed by atoms with Crippen molar-refractivity contribution in [1.82, 2.24) is 5.32 Å². The van der Waals surface area contributed by atoms with Crippen LogP contribution in [0.2, 0.25) is 0 Å². The molecule has 0 radical (unpaired) electrons. The molecule has 1 rings (SSSR count). The fraction of sp³-hybridized carbons (Fsp3) is 0.545. The molecule has 1 atom stereocenters. The molecule has 16 heavy (non-hydrogen) atoms. The lowest BCUT2D eigenvalue weighted by Gasteiger charge is -2.22. The third-order valence-electron chi connectivity index (χ3n) is 2.32. The van der Waals surface area contributed by atoms with E-state index in [1.54, 1.807) is 18.3 Å². The first-order chi connectivity index (χ1) is 7.06. The zero-order valence-electron chi connectivity index (χ0n) is 9.66. The number of hydrogen-bond donors (Lipinski definition) is 2. The SMILES string of the molecule is CCCC(C)(N)C(=O)NCc1ccsc1.Cl. The molecule has 0 bridgehead atoms. The summed E-state index contributed by atoms with van der Waals surface area (Å²) in [4.78, 5) is 11.7. The van der Waals surface area contributed by atoms with Crippen molar-refractivity contribution in [2.75, 3.05) is 0 Å². The molecule has 0 fully saturated rings. The van der Waals surface area contributed by atoms with Crippen molar-refractivity contribution < 1.29 is 4.79 Å². The maximum atomic E-state index is 11.7. The second kappa shape index (κ2) is 6.89. The van der Waals surface area contributed by atoms with E-state index < -0.39 is 5.54 Å². The van der Waals surface area contributed by atoms with E-state index in [9.17, 15) is 4.79 Å². The molecule has 0 saturated carbocycles. The van der Waals surface area contributed by atoms with Crippen molar-refractivity contribution >= 4 is 29.7 Å². The minimum Gasteiger partial charge on any atom is -0.350 e. The summed E-state index contributed by atoms with van der Waals surface area (Å²) >= 11 is 1.63. The van der Waals surface area contributed by atoms with E-state index >= 15 is 0 Å². The Morgan fingerprint density at radius 3 is 2.81 bits per heavy atom. The maximum absolute atomic E-state index is 11.7. The summed E-state index contributed by atoms with van der Waals surface area (Å²) in [7, 11) is 0. The quantitative estimate of drug-likeness (QED) is 0.856. The summed E-state index contributed by atoms with van der Waals surface area (Å²) in [6.45, 7) is 4.37. The zero-order chi connectivity index (χ0) is 11.3. The number of carbonyl (C=O) groups excluding carboxylic acids is 1. The molecule has 5 heteroatoms. The first-order valence-electron chi connectivity index (χ1n) is 5.14. The zero-order valence-corrected chi connectivity index (χ0v) is 11.3. The summed E-state index contributed by atoms with van der Waals surface area (Å²) in [5, 5.41) is 6.87. The summed E-state index contributed by atoms with van der Waals surface area (Å²) < 4.78 is 0. The molecule has 0 aliphatic rings. The van der Waals surface area contributed by atoms with Gasteiger partial charge in [0, 0.05) is 6.54 Å². The highest BCUT2D eigenvalue weighted by Gasteiger charge is 2.26. The molecular formula is C11H19ClN2OS.